The van der Waals surface area contributed by atoms with Crippen LogP contribution in [-0.2, 0) is 0 Å². The summed E-state index contributed by atoms with van der Waals surface area (Å²) in [7, 11) is 3.05. The first-order chi connectivity index (χ1) is 7.65. The molecule has 0 atom stereocenters. The largest absolute Gasteiger partial charge is 0.493 e. The lowest BCUT2D eigenvalue weighted by atomic mass is 10.1. The molecule has 0 saturated carbocycles. The fourth-order valence-corrected chi connectivity index (χ4v) is 1.47. The van der Waals surface area contributed by atoms with Gasteiger partial charge in [0.05, 0.1) is 26.4 Å². The molecular weight excluding hydrogens is 208 g/mol. The Balaban J connectivity index is 3.36. The third-order valence-corrected chi connectivity index (χ3v) is 2.17. The lowest BCUT2D eigenvalue weighted by Crippen LogP contribution is -2.03. The number of Topliss-reactive ketones (excluding diaryl/α,β-unsaturated/α-hetero) is 1. The van der Waals surface area contributed by atoms with Crippen molar-refractivity contribution in [3.8, 4) is 17.2 Å². The van der Waals surface area contributed by atoms with Gasteiger partial charge in [0.25, 0.3) is 0 Å². The molecule has 0 amide bonds. The number of carbonyl (C=O) groups is 1. The second kappa shape index (κ2) is 5.39. The molecule has 4 nitrogen and oxygen atoms in total. The average Bonchev–Trinajstić information content (AvgIpc) is 2.28. The van der Waals surface area contributed by atoms with Gasteiger partial charge in [0, 0.05) is 0 Å². The van der Waals surface area contributed by atoms with E-state index in [1.54, 1.807) is 19.2 Å². The Hall–Kier alpha value is -1.71. The van der Waals surface area contributed by atoms with Crippen LogP contribution in [0.2, 0.25) is 0 Å². The molecule has 0 spiro atoms. The number of methoxy groups -OCH3 is 2. The first-order valence-electron chi connectivity index (χ1n) is 5.04. The number of ketones is 1. The predicted molar refractivity (Wildman–Crippen MR) is 60.7 cm³/mol. The lowest BCUT2D eigenvalue weighted by Gasteiger charge is -2.15. The summed E-state index contributed by atoms with van der Waals surface area (Å²) in [5.41, 5.74) is 0.492. The maximum atomic E-state index is 11.4. The van der Waals surface area contributed by atoms with Crippen LogP contribution < -0.4 is 14.2 Å². The molecule has 0 saturated heterocycles. The molecule has 88 valence electrons. The van der Waals surface area contributed by atoms with Crippen LogP contribution in [-0.4, -0.2) is 26.6 Å². The first kappa shape index (κ1) is 12.4. The van der Waals surface area contributed by atoms with Crippen molar-refractivity contribution >= 4 is 5.78 Å². The van der Waals surface area contributed by atoms with Crippen LogP contribution in [0.25, 0.3) is 0 Å². The summed E-state index contributed by atoms with van der Waals surface area (Å²) in [4.78, 5) is 11.4. The molecule has 0 aliphatic rings. The van der Waals surface area contributed by atoms with Crippen molar-refractivity contribution < 1.29 is 19.0 Å². The maximum Gasteiger partial charge on any atom is 0.204 e. The van der Waals surface area contributed by atoms with Crippen LogP contribution in [0.3, 0.4) is 0 Å². The average molecular weight is 224 g/mol. The van der Waals surface area contributed by atoms with Gasteiger partial charge < -0.3 is 14.2 Å². The summed E-state index contributed by atoms with van der Waals surface area (Å²) in [6, 6.07) is 3.37. The molecule has 0 fully saturated rings. The molecule has 0 radical (unpaired) electrons. The second-order valence-electron chi connectivity index (χ2n) is 3.17. The minimum Gasteiger partial charge on any atom is -0.493 e. The van der Waals surface area contributed by atoms with E-state index in [1.165, 1.54) is 14.0 Å². The summed E-state index contributed by atoms with van der Waals surface area (Å²) < 4.78 is 15.8. The number of carbonyl (C=O) groups excluding carboxylic acids is 1. The zero-order chi connectivity index (χ0) is 12.1. The van der Waals surface area contributed by atoms with E-state index in [4.69, 9.17) is 14.2 Å². The first-order valence-corrected chi connectivity index (χ1v) is 5.04. The molecule has 0 heterocycles. The number of rotatable bonds is 5. The van der Waals surface area contributed by atoms with Crippen molar-refractivity contribution in [2.45, 2.75) is 13.8 Å². The van der Waals surface area contributed by atoms with Gasteiger partial charge in [0.1, 0.15) is 0 Å². The minimum absolute atomic E-state index is 0.0690. The fraction of sp³-hybridized carbons (Fsp3) is 0.417. The van der Waals surface area contributed by atoms with E-state index in [9.17, 15) is 4.79 Å². The maximum absolute atomic E-state index is 11.4. The van der Waals surface area contributed by atoms with E-state index < -0.39 is 0 Å². The number of ether oxygens (including phenoxy) is 3. The zero-order valence-corrected chi connectivity index (χ0v) is 9.99. The highest BCUT2D eigenvalue weighted by molar-refractivity contribution is 5.98. The van der Waals surface area contributed by atoms with Crippen LogP contribution in [0.5, 0.6) is 17.2 Å². The predicted octanol–water partition coefficient (Wildman–Crippen LogP) is 2.31. The fourth-order valence-electron chi connectivity index (χ4n) is 1.47. The molecule has 0 bridgehead atoms. The molecule has 0 unspecified atom stereocenters. The molecule has 1 rings (SSSR count). The smallest absolute Gasteiger partial charge is 0.204 e. The van der Waals surface area contributed by atoms with Gasteiger partial charge in [-0.25, -0.2) is 0 Å². The number of hydrogen-bond acceptors (Lipinski definition) is 4. The summed E-state index contributed by atoms with van der Waals surface area (Å²) in [5.74, 6) is 1.39. The SMILES string of the molecule is CCOc1c(OC)ccc(C(C)=O)c1OC. The summed E-state index contributed by atoms with van der Waals surface area (Å²) in [6.07, 6.45) is 0. The lowest BCUT2D eigenvalue weighted by molar-refractivity contribution is 0.101. The number of hydrogen-bond donors (Lipinski definition) is 0. The molecular formula is C12H16O4. The Labute approximate surface area is 95.1 Å². The van der Waals surface area contributed by atoms with Gasteiger partial charge in [-0.15, -0.1) is 0 Å². The third-order valence-electron chi connectivity index (χ3n) is 2.17. The van der Waals surface area contributed by atoms with Crippen LogP contribution in [0.15, 0.2) is 12.1 Å². The summed E-state index contributed by atoms with van der Waals surface area (Å²) in [6.45, 7) is 3.83. The zero-order valence-electron chi connectivity index (χ0n) is 9.99. The number of benzene rings is 1. The van der Waals surface area contributed by atoms with Gasteiger partial charge >= 0.3 is 0 Å². The van der Waals surface area contributed by atoms with Gasteiger partial charge in [-0.05, 0) is 26.0 Å². The molecule has 16 heavy (non-hydrogen) atoms. The Morgan fingerprint density at radius 2 is 1.88 bits per heavy atom. The van der Waals surface area contributed by atoms with Gasteiger partial charge in [-0.3, -0.25) is 4.79 Å². The van der Waals surface area contributed by atoms with Crippen LogP contribution in [0, 0.1) is 0 Å². The van der Waals surface area contributed by atoms with Gasteiger partial charge in [0.15, 0.2) is 17.3 Å². The van der Waals surface area contributed by atoms with E-state index in [-0.39, 0.29) is 5.78 Å². The Morgan fingerprint density at radius 1 is 1.19 bits per heavy atom. The van der Waals surface area contributed by atoms with Crippen molar-refractivity contribution in [1.29, 1.82) is 0 Å². The monoisotopic (exact) mass is 224 g/mol. The Kier molecular flexibility index (Phi) is 4.17. The summed E-state index contributed by atoms with van der Waals surface area (Å²) >= 11 is 0. The van der Waals surface area contributed by atoms with E-state index in [0.717, 1.165) is 0 Å². The van der Waals surface area contributed by atoms with Gasteiger partial charge in [-0.1, -0.05) is 0 Å². The van der Waals surface area contributed by atoms with E-state index >= 15 is 0 Å². The molecule has 1 aromatic carbocycles. The van der Waals surface area contributed by atoms with Crippen LogP contribution in [0.1, 0.15) is 24.2 Å². The normalized spacial score (nSPS) is 9.75. The van der Waals surface area contributed by atoms with Gasteiger partial charge in [0.2, 0.25) is 5.75 Å². The highest BCUT2D eigenvalue weighted by Gasteiger charge is 2.18. The van der Waals surface area contributed by atoms with E-state index in [2.05, 4.69) is 0 Å². The van der Waals surface area contributed by atoms with Gasteiger partial charge in [-0.2, -0.15) is 0 Å². The minimum atomic E-state index is -0.0690. The molecule has 0 aliphatic heterocycles. The van der Waals surface area contributed by atoms with E-state index in [0.29, 0.717) is 29.4 Å². The highest BCUT2D eigenvalue weighted by Crippen LogP contribution is 2.40. The van der Waals surface area contributed by atoms with E-state index in [1.807, 2.05) is 6.92 Å². The Bertz CT molecular complexity index is 385. The molecule has 0 aromatic heterocycles. The quantitative estimate of drug-likeness (QED) is 0.720. The molecule has 1 aromatic rings. The van der Waals surface area contributed by atoms with Crippen molar-refractivity contribution in [1.82, 2.24) is 0 Å². The van der Waals surface area contributed by atoms with Crippen molar-refractivity contribution in [2.75, 3.05) is 20.8 Å². The Morgan fingerprint density at radius 3 is 2.31 bits per heavy atom. The topological polar surface area (TPSA) is 44.8 Å². The van der Waals surface area contributed by atoms with Crippen molar-refractivity contribution in [2.24, 2.45) is 0 Å². The molecule has 0 aliphatic carbocycles. The van der Waals surface area contributed by atoms with Crippen LogP contribution >= 0.6 is 0 Å². The standard InChI is InChI=1S/C12H16O4/c1-5-16-12-10(14-3)7-6-9(8(2)13)11(12)15-4/h6-7H,5H2,1-4H3. The third kappa shape index (κ3) is 2.27. The molecule has 0 N–H and O–H groups in total. The van der Waals surface area contributed by atoms with Crippen LogP contribution in [0.4, 0.5) is 0 Å². The van der Waals surface area contributed by atoms with Crippen molar-refractivity contribution in [3.05, 3.63) is 17.7 Å². The molecule has 4 heteroatoms. The second-order valence-corrected chi connectivity index (χ2v) is 3.17. The highest BCUT2D eigenvalue weighted by atomic mass is 16.5. The summed E-state index contributed by atoms with van der Waals surface area (Å²) in [5, 5.41) is 0. The van der Waals surface area contributed by atoms with Crippen molar-refractivity contribution in [3.63, 3.8) is 0 Å².